The van der Waals surface area contributed by atoms with Gasteiger partial charge in [-0.25, -0.2) is 9.59 Å². The molecule has 30 saturated heterocycles. The summed E-state index contributed by atoms with van der Waals surface area (Å²) >= 11 is 0. The molecule has 30 fully saturated rings. The molecule has 0 aromatic heterocycles. The maximum absolute atomic E-state index is 12.3. The summed E-state index contributed by atoms with van der Waals surface area (Å²) in [6.07, 6.45) is -84.3. The molecular formula is C62H90N2O42. The quantitative estimate of drug-likeness (QED) is 0.0835. The minimum atomic E-state index is -2.35. The van der Waals surface area contributed by atoms with Crippen molar-refractivity contribution in [2.24, 2.45) is 0 Å². The van der Waals surface area contributed by atoms with Crippen LogP contribution < -0.4 is 10.6 Å². The topological polar surface area (TPSA) is 691 Å². The van der Waals surface area contributed by atoms with Crippen LogP contribution in [0.4, 0.5) is 11.4 Å². The first kappa shape index (κ1) is 82.4. The third-order valence-electron chi connectivity index (χ3n) is 19.8. The molecule has 26 N–H and O–H groups in total. The number of aromatic carboxylic acids is 2. The van der Waals surface area contributed by atoms with Crippen molar-refractivity contribution in [1.29, 1.82) is 0 Å². The first-order chi connectivity index (χ1) is 50.6. The minimum absolute atomic E-state index is 0.0714. The van der Waals surface area contributed by atoms with Crippen molar-refractivity contribution in [2.75, 3.05) is 63.4 Å². The fourth-order valence-electron chi connectivity index (χ4n) is 14.0. The van der Waals surface area contributed by atoms with Crippen LogP contribution in [0.1, 0.15) is 20.7 Å². The molecule has 30 aliphatic heterocycles. The number of carboxylic acids is 2. The second-order valence-electron chi connectivity index (χ2n) is 26.6. The van der Waals surface area contributed by atoms with Gasteiger partial charge in [-0.3, -0.25) is 0 Å². The number of carbonyl (C=O) groups is 2. The van der Waals surface area contributed by atoms with E-state index < -0.39 is 310 Å². The van der Waals surface area contributed by atoms with E-state index in [1.807, 2.05) is 0 Å². The maximum atomic E-state index is 12.3. The van der Waals surface area contributed by atoms with E-state index in [9.17, 15) is 132 Å². The Balaban J connectivity index is 0.903. The highest BCUT2D eigenvalue weighted by molar-refractivity contribution is 5.94. The molecule has 44 heteroatoms. The van der Waals surface area contributed by atoms with E-state index in [2.05, 4.69) is 10.6 Å². The molecule has 2 aromatic carbocycles. The lowest BCUT2D eigenvalue weighted by molar-refractivity contribution is -0.402. The maximum Gasteiger partial charge on any atom is 0.337 e. The number of nitrogens with one attached hydrogen (secondary N) is 2. The van der Waals surface area contributed by atoms with Gasteiger partial charge in [-0.05, 0) is 24.3 Å². The van der Waals surface area contributed by atoms with Gasteiger partial charge in [0.2, 0.25) is 0 Å². The molecule has 600 valence electrons. The molecular weight excluding hydrogens is 1440 g/mol. The van der Waals surface area contributed by atoms with Crippen molar-refractivity contribution >= 4 is 23.3 Å². The summed E-state index contributed by atoms with van der Waals surface area (Å²) in [5, 5.41) is 277. The molecule has 16 bridgehead atoms. The number of benzene rings is 2. The zero-order chi connectivity index (χ0) is 76.6. The van der Waals surface area contributed by atoms with Gasteiger partial charge in [0, 0.05) is 24.5 Å². The first-order valence-corrected chi connectivity index (χ1v) is 33.7. The van der Waals surface area contributed by atoms with Crippen molar-refractivity contribution < 1.29 is 208 Å². The van der Waals surface area contributed by atoms with Crippen LogP contribution >= 0.6 is 0 Å². The van der Waals surface area contributed by atoms with Crippen LogP contribution in [0.2, 0.25) is 0 Å². The molecule has 40 atom stereocenters. The SMILES string of the molecule is O=C(O)c1ccccc1NC[C@H]1O[C@@H]2O[C@H]3[C@@H](O)[C@H](O)[C@@H](O[C@H]4[C@@H](O)[C@H](O)[C@@H](O[C@H]5[C@H](O)[C@@H](O)[C@@H](O[C@H]6[C@H](O)[C@@H](O)[C@@H](O[C@H]7[C@H](O)[C@@H](O)[C@@H](O[C@H]8[C@H](O)[C@@H](O)[C@@H](O[C@H]9[C@@H](O)[C@H](O)[C@@H](O[C@H]1[C@H](O)[C@@H]2O)O[C@@H]9CO)O[C@@H]8CNc1ccccc1C(=O)O)O[C@@H]7CO)O[C@@H]6CO)O[C@@H]5CO)O[C@@H]4CO)O[C@@H]3CO. The van der Waals surface area contributed by atoms with E-state index in [1.54, 1.807) is 0 Å². The zero-order valence-electron chi connectivity index (χ0n) is 55.5. The molecule has 0 spiro atoms. The molecule has 0 saturated carbocycles. The van der Waals surface area contributed by atoms with Crippen molar-refractivity contribution in [3.63, 3.8) is 0 Å². The summed E-state index contributed by atoms with van der Waals surface area (Å²) in [6.45, 7) is -7.99. The number of carboxylic acid groups (broad SMARTS) is 2. The molecule has 32 rings (SSSR count). The van der Waals surface area contributed by atoms with Gasteiger partial charge in [0.05, 0.1) is 50.8 Å². The largest absolute Gasteiger partial charge is 0.478 e. The number of para-hydroxylation sites is 2. The summed E-state index contributed by atoms with van der Waals surface area (Å²) < 4.78 is 94.2. The van der Waals surface area contributed by atoms with Crippen molar-refractivity contribution in [3.05, 3.63) is 59.7 Å². The fraction of sp³-hybridized carbons (Fsp3) is 0.774. The van der Waals surface area contributed by atoms with Gasteiger partial charge in [0.15, 0.2) is 50.3 Å². The second-order valence-corrected chi connectivity index (χ2v) is 26.6. The second kappa shape index (κ2) is 35.4. The predicted octanol–water partition coefficient (Wildman–Crippen LogP) is -13.8. The van der Waals surface area contributed by atoms with Crippen LogP contribution in [0.15, 0.2) is 48.5 Å². The highest BCUT2D eigenvalue weighted by atomic mass is 16.8. The Morgan fingerprint density at radius 1 is 0.245 bits per heavy atom. The first-order valence-electron chi connectivity index (χ1n) is 33.7. The molecule has 2 aromatic rings. The lowest BCUT2D eigenvalue weighted by Gasteiger charge is -2.51. The number of rotatable bonds is 14. The van der Waals surface area contributed by atoms with Gasteiger partial charge in [0.25, 0.3) is 0 Å². The third kappa shape index (κ3) is 16.8. The number of hydrogen-bond donors (Lipinski definition) is 26. The van der Waals surface area contributed by atoms with Gasteiger partial charge in [-0.1, -0.05) is 24.3 Å². The number of aliphatic hydroxyl groups excluding tert-OH is 22. The molecule has 44 nitrogen and oxygen atoms in total. The van der Waals surface area contributed by atoms with E-state index >= 15 is 0 Å². The summed E-state index contributed by atoms with van der Waals surface area (Å²) in [7, 11) is 0. The molecule has 0 amide bonds. The van der Waals surface area contributed by atoms with Crippen LogP contribution in [-0.4, -0.2) is 433 Å². The van der Waals surface area contributed by atoms with Crippen LogP contribution in [0.5, 0.6) is 0 Å². The van der Waals surface area contributed by atoms with E-state index in [0.29, 0.717) is 0 Å². The smallest absolute Gasteiger partial charge is 0.337 e. The third-order valence-corrected chi connectivity index (χ3v) is 19.8. The lowest BCUT2D eigenvalue weighted by Crippen LogP contribution is -2.69. The van der Waals surface area contributed by atoms with Gasteiger partial charge in [-0.15, -0.1) is 0 Å². The Morgan fingerprint density at radius 3 is 0.575 bits per heavy atom. The molecule has 106 heavy (non-hydrogen) atoms. The summed E-state index contributed by atoms with van der Waals surface area (Å²) in [6, 6.07) is 10.7. The van der Waals surface area contributed by atoms with Gasteiger partial charge in [-0.2, -0.15) is 0 Å². The fourth-order valence-corrected chi connectivity index (χ4v) is 14.0. The van der Waals surface area contributed by atoms with Crippen molar-refractivity contribution in [1.82, 2.24) is 0 Å². The van der Waals surface area contributed by atoms with Crippen LogP contribution in [0.25, 0.3) is 0 Å². The van der Waals surface area contributed by atoms with E-state index in [4.69, 9.17) is 75.8 Å². The van der Waals surface area contributed by atoms with Crippen molar-refractivity contribution in [3.8, 4) is 0 Å². The van der Waals surface area contributed by atoms with E-state index in [1.165, 1.54) is 48.5 Å². The Kier molecular flexibility index (Phi) is 27.6. The predicted molar refractivity (Wildman–Crippen MR) is 331 cm³/mol. The molecule has 30 heterocycles. The molecule has 0 radical (unpaired) electrons. The Hall–Kier alpha value is -4.54. The number of aliphatic hydroxyl groups is 22. The summed E-state index contributed by atoms with van der Waals surface area (Å²) in [4.78, 5) is 24.6. The minimum Gasteiger partial charge on any atom is -0.478 e. The van der Waals surface area contributed by atoms with Gasteiger partial charge < -0.3 is 209 Å². The average molecular weight is 1540 g/mol. The lowest BCUT2D eigenvalue weighted by atomic mass is 9.94. The number of hydrogen-bond acceptors (Lipinski definition) is 42. The Labute approximate surface area is 598 Å². The molecule has 30 aliphatic rings. The summed E-state index contributed by atoms with van der Waals surface area (Å²) in [5.41, 5.74) is -0.745. The monoisotopic (exact) mass is 1530 g/mol. The van der Waals surface area contributed by atoms with Gasteiger partial charge >= 0.3 is 11.9 Å². The average Bonchev–Trinajstić information content (AvgIpc) is 0.781. The van der Waals surface area contributed by atoms with E-state index in [0.717, 1.165) is 0 Å². The summed E-state index contributed by atoms with van der Waals surface area (Å²) in [5.74, 6) is -2.85. The Bertz CT molecular complexity index is 3080. The normalized spacial score (nSPS) is 47.8. The van der Waals surface area contributed by atoms with Crippen LogP contribution in [0.3, 0.4) is 0 Å². The highest BCUT2D eigenvalue weighted by Crippen LogP contribution is 2.40. The highest BCUT2D eigenvalue weighted by Gasteiger charge is 2.61. The molecule has 0 aliphatic carbocycles. The van der Waals surface area contributed by atoms with Crippen LogP contribution in [-0.2, 0) is 75.8 Å². The van der Waals surface area contributed by atoms with E-state index in [-0.39, 0.29) is 22.5 Å². The van der Waals surface area contributed by atoms with Gasteiger partial charge in [0.1, 0.15) is 195 Å². The standard InChI is InChI=1S/C62H90N2O42/c65-11-23-47-31(73)39(81)57(93-23)99-45-21(9-63-19-7-3-1-5-17(19)53(87)88)92-56(38(80)30(45)72)102-48-24(12-66)95-59(41(83)33(48)75)104-50-26(14-68)97-61(43(85)35(50)77)106-52-28(16-70)98-62(44(86)36(52)78)105-51-27(15-69)96-60(42(84)34(51)76)103-49-25(13-67)94-58(40(82)32(49)74)100-46-22(91-55(101-47)37(79)29(46)71)10-64-20-8-4-2-6-18(20)54(89)90/h1-8,21-52,55-86H,9-16H2,(H,87,88)(H,89,90)/t21-,22-,23-,24-,25-,26-,27-,28-,29-,30-,31+,32-,33+,34-,35+,36-,37-,38+,39+,40-,41+,42-,43+,44-,45-,46-,47-,48-,49-,50-,51-,52-,55-,56-,57-,58-,59-,60-,61-,62-/m1/s1. The number of ether oxygens (including phenoxy) is 16. The Morgan fingerprint density at radius 2 is 0.406 bits per heavy atom. The van der Waals surface area contributed by atoms with Crippen LogP contribution in [0, 0.1) is 0 Å². The van der Waals surface area contributed by atoms with Crippen molar-refractivity contribution in [2.45, 2.75) is 246 Å². The number of anilines is 2. The molecule has 0 unspecified atom stereocenters. The zero-order valence-corrected chi connectivity index (χ0v) is 55.5.